The van der Waals surface area contributed by atoms with E-state index in [0.717, 1.165) is 10.5 Å². The van der Waals surface area contributed by atoms with E-state index in [0.29, 0.717) is 36.1 Å². The first-order chi connectivity index (χ1) is 21.0. The number of likely N-dealkylation sites (tertiary alicyclic amines) is 1. The third-order valence-corrected chi connectivity index (χ3v) is 7.94. The van der Waals surface area contributed by atoms with Crippen molar-refractivity contribution in [2.45, 2.75) is 63.9 Å². The van der Waals surface area contributed by atoms with Crippen LogP contribution in [0.25, 0.3) is 0 Å². The molecule has 12 heteroatoms. The van der Waals surface area contributed by atoms with Gasteiger partial charge in [-0.2, -0.15) is 26.3 Å². The molecule has 3 amide bonds. The zero-order chi connectivity index (χ0) is 33.2. The van der Waals surface area contributed by atoms with E-state index >= 15 is 0 Å². The van der Waals surface area contributed by atoms with Crippen molar-refractivity contribution in [1.82, 2.24) is 9.80 Å². The molecule has 4 rings (SSSR count). The number of carbonyl (C=O) groups is 2. The SMILES string of the molecule is Cc1cc(F)ccc1C1CCCN(C(=O)N(CC(C)(C)c2cc(C(F)(F)F)cc(C(F)(F)F)c2)C(=O)OCc2ccccc2)C1. The molecular weight excluding hydrogens is 605 g/mol. The number of hydrogen-bond donors (Lipinski definition) is 0. The van der Waals surface area contributed by atoms with Crippen LogP contribution in [0.15, 0.2) is 66.7 Å². The van der Waals surface area contributed by atoms with Gasteiger partial charge in [-0.3, -0.25) is 0 Å². The number of halogens is 7. The lowest BCUT2D eigenvalue weighted by atomic mass is 9.82. The lowest BCUT2D eigenvalue weighted by molar-refractivity contribution is -0.143. The number of aryl methyl sites for hydroxylation is 1. The molecule has 0 aromatic heterocycles. The van der Waals surface area contributed by atoms with Crippen molar-refractivity contribution >= 4 is 12.1 Å². The van der Waals surface area contributed by atoms with Crippen LogP contribution in [0.3, 0.4) is 0 Å². The van der Waals surface area contributed by atoms with Gasteiger partial charge in [-0.05, 0) is 72.4 Å². The van der Waals surface area contributed by atoms with Crippen LogP contribution in [0.1, 0.15) is 66.0 Å². The number of ether oxygens (including phenoxy) is 1. The van der Waals surface area contributed by atoms with E-state index in [2.05, 4.69) is 0 Å². The van der Waals surface area contributed by atoms with Crippen molar-refractivity contribution < 1.29 is 45.1 Å². The van der Waals surface area contributed by atoms with E-state index < -0.39 is 53.4 Å². The summed E-state index contributed by atoms with van der Waals surface area (Å²) in [6.07, 6.45) is -10.0. The average Bonchev–Trinajstić information content (AvgIpc) is 2.98. The van der Waals surface area contributed by atoms with Gasteiger partial charge in [0.15, 0.2) is 0 Å². The molecule has 0 saturated carbocycles. The van der Waals surface area contributed by atoms with Crippen LogP contribution in [-0.4, -0.2) is 41.6 Å². The number of benzene rings is 3. The molecule has 1 heterocycles. The maximum absolute atomic E-state index is 14.0. The fourth-order valence-electron chi connectivity index (χ4n) is 5.51. The van der Waals surface area contributed by atoms with E-state index in [1.54, 1.807) is 43.3 Å². The third-order valence-electron chi connectivity index (χ3n) is 7.94. The number of nitrogens with zero attached hydrogens (tertiary/aromatic N) is 2. The maximum Gasteiger partial charge on any atom is 0.418 e. The molecule has 1 fully saturated rings. The largest absolute Gasteiger partial charge is 0.444 e. The Labute approximate surface area is 256 Å². The highest BCUT2D eigenvalue weighted by Gasteiger charge is 2.41. The van der Waals surface area contributed by atoms with Crippen molar-refractivity contribution in [2.75, 3.05) is 19.6 Å². The van der Waals surface area contributed by atoms with Crippen LogP contribution in [-0.2, 0) is 29.1 Å². The molecular formula is C33H33F7N2O3. The standard InChI is InChI=1S/C33H33F7N2O3/c1-21-14-27(34)11-12-28(21)23-10-7-13-41(18-23)29(43)42(30(44)45-19-22-8-5-4-6-9-22)20-31(2,3)24-15-25(32(35,36)37)17-26(16-24)33(38,39)40/h4-6,8-9,11-12,14-17,23H,7,10,13,18-20H2,1-3H3. The fraction of sp³-hybridized carbons (Fsp3) is 0.394. The molecule has 1 aliphatic rings. The quantitative estimate of drug-likeness (QED) is 0.253. The minimum atomic E-state index is -5.07. The molecule has 1 unspecified atom stereocenters. The summed E-state index contributed by atoms with van der Waals surface area (Å²) < 4.78 is 101. The number of imide groups is 1. The second-order valence-electron chi connectivity index (χ2n) is 11.9. The summed E-state index contributed by atoms with van der Waals surface area (Å²) in [7, 11) is 0. The number of amides is 3. The van der Waals surface area contributed by atoms with Crippen molar-refractivity contribution in [3.05, 3.63) is 106 Å². The Kier molecular flexibility index (Phi) is 9.84. The summed E-state index contributed by atoms with van der Waals surface area (Å²) in [6.45, 7) is 4.08. The predicted molar refractivity (Wildman–Crippen MR) is 153 cm³/mol. The highest BCUT2D eigenvalue weighted by Crippen LogP contribution is 2.39. The van der Waals surface area contributed by atoms with Gasteiger partial charge in [-0.25, -0.2) is 18.9 Å². The van der Waals surface area contributed by atoms with Crippen LogP contribution in [0.5, 0.6) is 0 Å². The summed E-state index contributed by atoms with van der Waals surface area (Å²) >= 11 is 0. The predicted octanol–water partition coefficient (Wildman–Crippen LogP) is 9.09. The summed E-state index contributed by atoms with van der Waals surface area (Å²) in [5.74, 6) is -0.589. The molecule has 5 nitrogen and oxygen atoms in total. The van der Waals surface area contributed by atoms with E-state index in [-0.39, 0.29) is 37.2 Å². The van der Waals surface area contributed by atoms with Crippen LogP contribution in [0.4, 0.5) is 40.3 Å². The molecule has 1 atom stereocenters. The molecule has 0 radical (unpaired) electrons. The van der Waals surface area contributed by atoms with Gasteiger partial charge in [-0.1, -0.05) is 50.2 Å². The smallest absolute Gasteiger partial charge is 0.418 e. The number of hydrogen-bond acceptors (Lipinski definition) is 3. The number of carbonyl (C=O) groups excluding carboxylic acids is 2. The Morgan fingerprint density at radius 3 is 2.07 bits per heavy atom. The van der Waals surface area contributed by atoms with Crippen LogP contribution < -0.4 is 0 Å². The Morgan fingerprint density at radius 2 is 1.49 bits per heavy atom. The van der Waals surface area contributed by atoms with Crippen molar-refractivity contribution in [3.63, 3.8) is 0 Å². The number of alkyl halides is 6. The van der Waals surface area contributed by atoms with Crippen LogP contribution >= 0.6 is 0 Å². The average molecular weight is 639 g/mol. The van der Waals surface area contributed by atoms with Crippen molar-refractivity contribution in [3.8, 4) is 0 Å². The molecule has 0 spiro atoms. The van der Waals surface area contributed by atoms with Gasteiger partial charge in [0.25, 0.3) is 0 Å². The zero-order valence-electron chi connectivity index (χ0n) is 24.9. The highest BCUT2D eigenvalue weighted by molar-refractivity contribution is 5.91. The molecule has 1 saturated heterocycles. The topological polar surface area (TPSA) is 49.9 Å². The zero-order valence-corrected chi connectivity index (χ0v) is 24.9. The van der Waals surface area contributed by atoms with Gasteiger partial charge >= 0.3 is 24.5 Å². The maximum atomic E-state index is 14.0. The van der Waals surface area contributed by atoms with Gasteiger partial charge in [0, 0.05) is 31.0 Å². The summed E-state index contributed by atoms with van der Waals surface area (Å²) in [5, 5.41) is 0. The first kappa shape index (κ1) is 33.8. The second kappa shape index (κ2) is 13.1. The molecule has 0 aliphatic carbocycles. The lowest BCUT2D eigenvalue weighted by Gasteiger charge is -2.38. The normalized spacial score (nSPS) is 16.0. The first-order valence-electron chi connectivity index (χ1n) is 14.3. The molecule has 0 N–H and O–H groups in total. The molecule has 242 valence electrons. The second-order valence-corrected chi connectivity index (χ2v) is 11.9. The van der Waals surface area contributed by atoms with Gasteiger partial charge in [0.2, 0.25) is 0 Å². The number of piperidine rings is 1. The van der Waals surface area contributed by atoms with E-state index in [1.807, 2.05) is 0 Å². The monoisotopic (exact) mass is 638 g/mol. The highest BCUT2D eigenvalue weighted by atomic mass is 19.4. The molecule has 1 aliphatic heterocycles. The number of rotatable bonds is 6. The lowest BCUT2D eigenvalue weighted by Crippen LogP contribution is -2.52. The first-order valence-corrected chi connectivity index (χ1v) is 14.3. The minimum absolute atomic E-state index is 0.0297. The minimum Gasteiger partial charge on any atom is -0.444 e. The van der Waals surface area contributed by atoms with Crippen LogP contribution in [0, 0.1) is 12.7 Å². The summed E-state index contributed by atoms with van der Waals surface area (Å²) in [6, 6.07) is 13.3. The molecule has 3 aromatic carbocycles. The third kappa shape index (κ3) is 8.34. The van der Waals surface area contributed by atoms with Crippen molar-refractivity contribution in [2.24, 2.45) is 0 Å². The van der Waals surface area contributed by atoms with E-state index in [9.17, 15) is 40.3 Å². The van der Waals surface area contributed by atoms with Gasteiger partial charge in [0.1, 0.15) is 12.4 Å². The Balaban J connectivity index is 1.67. The van der Waals surface area contributed by atoms with Crippen molar-refractivity contribution in [1.29, 1.82) is 0 Å². The van der Waals surface area contributed by atoms with Gasteiger partial charge in [0.05, 0.1) is 11.1 Å². The van der Waals surface area contributed by atoms with E-state index in [1.165, 1.54) is 30.9 Å². The molecule has 45 heavy (non-hydrogen) atoms. The summed E-state index contributed by atoms with van der Waals surface area (Å²) in [5.41, 5.74) is -2.80. The van der Waals surface area contributed by atoms with E-state index in [4.69, 9.17) is 4.74 Å². The fourth-order valence-corrected chi connectivity index (χ4v) is 5.51. The Bertz CT molecular complexity index is 1490. The van der Waals surface area contributed by atoms with Crippen LogP contribution in [0.2, 0.25) is 0 Å². The molecule has 3 aromatic rings. The van der Waals surface area contributed by atoms with Gasteiger partial charge < -0.3 is 9.64 Å². The van der Waals surface area contributed by atoms with Gasteiger partial charge in [-0.15, -0.1) is 0 Å². The Hall–Kier alpha value is -4.09. The molecule has 0 bridgehead atoms. The summed E-state index contributed by atoms with van der Waals surface area (Å²) in [4.78, 5) is 29.6. The Morgan fingerprint density at radius 1 is 0.889 bits per heavy atom. The number of urea groups is 1.